The Labute approximate surface area is 86.5 Å². The monoisotopic (exact) mass is 189 g/mol. The fraction of sp³-hybridized carbons (Fsp3) is 1.00. The third-order valence-electron chi connectivity index (χ3n) is 1.92. The van der Waals surface area contributed by atoms with Crippen LogP contribution in [0.2, 0.25) is 0 Å². The van der Waals surface area contributed by atoms with Crippen molar-refractivity contribution in [3.8, 4) is 0 Å². The van der Waals surface area contributed by atoms with E-state index in [2.05, 4.69) is 32.7 Å². The van der Waals surface area contributed by atoms with Gasteiger partial charge in [0.15, 0.2) is 0 Å². The van der Waals surface area contributed by atoms with E-state index in [1.54, 1.807) is 0 Å². The van der Waals surface area contributed by atoms with Gasteiger partial charge in [-0.3, -0.25) is 0 Å². The first-order chi connectivity index (χ1) is 6.22. The van der Waals surface area contributed by atoms with Gasteiger partial charge in [-0.1, -0.05) is 41.5 Å². The Kier molecular flexibility index (Phi) is 25.7. The molecule has 1 atom stereocenters. The van der Waals surface area contributed by atoms with Crippen molar-refractivity contribution < 1.29 is 0 Å². The van der Waals surface area contributed by atoms with Crippen LogP contribution in [-0.2, 0) is 0 Å². The number of rotatable bonds is 4. The minimum absolute atomic E-state index is 0.755. The summed E-state index contributed by atoms with van der Waals surface area (Å²) in [4.78, 5) is 2.40. The molecular formula is C12H31N. The van der Waals surface area contributed by atoms with Crippen LogP contribution in [0, 0.1) is 0 Å². The van der Waals surface area contributed by atoms with Gasteiger partial charge in [0.05, 0.1) is 0 Å². The highest BCUT2D eigenvalue weighted by atomic mass is 15.1. The molecule has 0 saturated carbocycles. The summed E-state index contributed by atoms with van der Waals surface area (Å²) in [5.74, 6) is 0. The van der Waals surface area contributed by atoms with Crippen molar-refractivity contribution in [3.63, 3.8) is 0 Å². The Balaban J connectivity index is -0.000000218. The van der Waals surface area contributed by atoms with Gasteiger partial charge in [-0.25, -0.2) is 0 Å². The van der Waals surface area contributed by atoms with Crippen molar-refractivity contribution in [2.45, 2.75) is 67.3 Å². The molecular weight excluding hydrogens is 158 g/mol. The maximum atomic E-state index is 2.40. The smallest absolute Gasteiger partial charge is 0.00612 e. The summed E-state index contributed by atoms with van der Waals surface area (Å²) in [6.07, 6.45) is 2.53. The second-order valence-corrected chi connectivity index (χ2v) is 2.74. The molecule has 0 aliphatic carbocycles. The molecule has 84 valence electrons. The molecule has 0 aromatic heterocycles. The standard InChI is InChI=1S/C8H19N.2C2H6/c1-5-7-9(4)8(3)6-2;2*1-2/h8H,5-7H2,1-4H3;2*1-2H3. The first kappa shape index (κ1) is 18.7. The van der Waals surface area contributed by atoms with Crippen molar-refractivity contribution in [1.29, 1.82) is 0 Å². The van der Waals surface area contributed by atoms with E-state index in [9.17, 15) is 0 Å². The van der Waals surface area contributed by atoms with Gasteiger partial charge < -0.3 is 4.90 Å². The van der Waals surface area contributed by atoms with Gasteiger partial charge in [0, 0.05) is 6.04 Å². The Morgan fingerprint density at radius 3 is 1.62 bits per heavy atom. The van der Waals surface area contributed by atoms with Crippen LogP contribution in [0.3, 0.4) is 0 Å². The molecule has 0 rings (SSSR count). The molecule has 0 amide bonds. The van der Waals surface area contributed by atoms with E-state index in [1.807, 2.05) is 27.7 Å². The fourth-order valence-corrected chi connectivity index (χ4v) is 0.885. The van der Waals surface area contributed by atoms with E-state index in [0.717, 1.165) is 6.04 Å². The van der Waals surface area contributed by atoms with Crippen molar-refractivity contribution >= 4 is 0 Å². The zero-order valence-electron chi connectivity index (χ0n) is 11.1. The van der Waals surface area contributed by atoms with Gasteiger partial charge in [-0.05, 0) is 33.4 Å². The third-order valence-corrected chi connectivity index (χ3v) is 1.92. The molecule has 0 heterocycles. The van der Waals surface area contributed by atoms with Gasteiger partial charge in [-0.2, -0.15) is 0 Å². The molecule has 0 aromatic rings. The number of hydrogen-bond acceptors (Lipinski definition) is 1. The lowest BCUT2D eigenvalue weighted by atomic mass is 10.2. The molecule has 13 heavy (non-hydrogen) atoms. The largest absolute Gasteiger partial charge is 0.304 e. The Hall–Kier alpha value is -0.0400. The maximum Gasteiger partial charge on any atom is 0.00612 e. The van der Waals surface area contributed by atoms with E-state index in [-0.39, 0.29) is 0 Å². The predicted octanol–water partition coefficient (Wildman–Crippen LogP) is 4.18. The number of hydrogen-bond donors (Lipinski definition) is 0. The van der Waals surface area contributed by atoms with Crippen LogP contribution in [0.4, 0.5) is 0 Å². The van der Waals surface area contributed by atoms with Gasteiger partial charge in [0.2, 0.25) is 0 Å². The maximum absolute atomic E-state index is 2.40. The van der Waals surface area contributed by atoms with E-state index >= 15 is 0 Å². The van der Waals surface area contributed by atoms with Gasteiger partial charge >= 0.3 is 0 Å². The zero-order chi connectivity index (χ0) is 11.3. The van der Waals surface area contributed by atoms with Crippen molar-refractivity contribution in [2.24, 2.45) is 0 Å². The minimum Gasteiger partial charge on any atom is -0.304 e. The summed E-state index contributed by atoms with van der Waals surface area (Å²) in [6.45, 7) is 16.0. The first-order valence-corrected chi connectivity index (χ1v) is 5.92. The number of nitrogens with zero attached hydrogens (tertiary/aromatic N) is 1. The minimum atomic E-state index is 0.755. The average molecular weight is 189 g/mol. The summed E-state index contributed by atoms with van der Waals surface area (Å²) in [7, 11) is 2.19. The molecule has 1 nitrogen and oxygen atoms in total. The highest BCUT2D eigenvalue weighted by Crippen LogP contribution is 1.99. The summed E-state index contributed by atoms with van der Waals surface area (Å²) < 4.78 is 0. The topological polar surface area (TPSA) is 3.24 Å². The van der Waals surface area contributed by atoms with E-state index < -0.39 is 0 Å². The highest BCUT2D eigenvalue weighted by Gasteiger charge is 2.02. The second-order valence-electron chi connectivity index (χ2n) is 2.74. The molecule has 0 N–H and O–H groups in total. The quantitative estimate of drug-likeness (QED) is 0.641. The lowest BCUT2D eigenvalue weighted by Crippen LogP contribution is -2.28. The van der Waals surface area contributed by atoms with Crippen molar-refractivity contribution in [1.82, 2.24) is 4.90 Å². The Bertz CT molecular complexity index is 62.1. The molecule has 0 spiro atoms. The lowest BCUT2D eigenvalue weighted by molar-refractivity contribution is 0.252. The van der Waals surface area contributed by atoms with Crippen molar-refractivity contribution in [2.75, 3.05) is 13.6 Å². The predicted molar refractivity (Wildman–Crippen MR) is 65.4 cm³/mol. The third kappa shape index (κ3) is 14.8. The summed E-state index contributed by atoms with van der Waals surface area (Å²) in [6, 6.07) is 0.755. The zero-order valence-corrected chi connectivity index (χ0v) is 11.1. The fourth-order valence-electron chi connectivity index (χ4n) is 0.885. The van der Waals surface area contributed by atoms with Crippen LogP contribution in [0.25, 0.3) is 0 Å². The van der Waals surface area contributed by atoms with E-state index in [1.165, 1.54) is 19.4 Å². The average Bonchev–Trinajstić information content (AvgIpc) is 2.23. The second kappa shape index (κ2) is 17.9. The molecule has 0 bridgehead atoms. The van der Waals surface area contributed by atoms with E-state index in [0.29, 0.717) is 0 Å². The Morgan fingerprint density at radius 2 is 1.38 bits per heavy atom. The molecule has 1 unspecified atom stereocenters. The highest BCUT2D eigenvalue weighted by molar-refractivity contribution is 4.58. The van der Waals surface area contributed by atoms with Gasteiger partial charge in [-0.15, -0.1) is 0 Å². The van der Waals surface area contributed by atoms with E-state index in [4.69, 9.17) is 0 Å². The summed E-state index contributed by atoms with van der Waals surface area (Å²) >= 11 is 0. The van der Waals surface area contributed by atoms with Crippen LogP contribution in [0.5, 0.6) is 0 Å². The normalized spacial score (nSPS) is 10.8. The molecule has 0 aliphatic heterocycles. The van der Waals surface area contributed by atoms with Crippen molar-refractivity contribution in [3.05, 3.63) is 0 Å². The van der Waals surface area contributed by atoms with Crippen LogP contribution in [0.1, 0.15) is 61.3 Å². The Morgan fingerprint density at radius 1 is 1.00 bits per heavy atom. The van der Waals surface area contributed by atoms with Gasteiger partial charge in [0.1, 0.15) is 0 Å². The molecule has 0 fully saturated rings. The van der Waals surface area contributed by atoms with Gasteiger partial charge in [0.25, 0.3) is 0 Å². The van der Waals surface area contributed by atoms with Crippen LogP contribution >= 0.6 is 0 Å². The SMILES string of the molecule is CC.CC.CCCN(C)C(C)CC. The van der Waals surface area contributed by atoms with Crippen LogP contribution in [-0.4, -0.2) is 24.5 Å². The lowest BCUT2D eigenvalue weighted by Gasteiger charge is -2.22. The summed E-state index contributed by atoms with van der Waals surface area (Å²) in [5.41, 5.74) is 0. The van der Waals surface area contributed by atoms with Crippen LogP contribution < -0.4 is 0 Å². The van der Waals surface area contributed by atoms with Crippen LogP contribution in [0.15, 0.2) is 0 Å². The molecule has 0 radical (unpaired) electrons. The molecule has 1 heteroatoms. The first-order valence-electron chi connectivity index (χ1n) is 5.92. The summed E-state index contributed by atoms with van der Waals surface area (Å²) in [5, 5.41) is 0. The molecule has 0 aliphatic rings. The molecule has 0 saturated heterocycles. The molecule has 0 aromatic carbocycles.